The van der Waals surface area contributed by atoms with E-state index in [1.807, 2.05) is 18.2 Å². The van der Waals surface area contributed by atoms with Gasteiger partial charge in [-0.15, -0.1) is 0 Å². The van der Waals surface area contributed by atoms with E-state index in [1.165, 1.54) is 6.07 Å². The lowest BCUT2D eigenvalue weighted by molar-refractivity contribution is 0.0950. The van der Waals surface area contributed by atoms with Crippen molar-refractivity contribution in [2.45, 2.75) is 49.6 Å². The van der Waals surface area contributed by atoms with E-state index < -0.39 is 9.84 Å². The smallest absolute Gasteiger partial charge is 0.251 e. The average Bonchev–Trinajstić information content (AvgIpc) is 3.87. The number of anilines is 2. The largest absolute Gasteiger partial charge is 0.496 e. The molecule has 216 valence electrons. The number of pyridine rings is 3. The molecule has 1 aliphatic carbocycles. The fourth-order valence-corrected chi connectivity index (χ4v) is 7.05. The Hall–Kier alpha value is -4.09. The molecule has 1 N–H and O–H groups in total. The number of ether oxygens (including phenoxy) is 2. The number of methoxy groups -OCH3 is 1. The average molecular weight is 586 g/mol. The first-order valence-electron chi connectivity index (χ1n) is 14.2. The molecule has 11 heteroatoms. The quantitative estimate of drug-likeness (QED) is 0.354. The van der Waals surface area contributed by atoms with Crippen LogP contribution in [-0.2, 0) is 34.1 Å². The van der Waals surface area contributed by atoms with Crippen molar-refractivity contribution in [3.63, 3.8) is 0 Å². The van der Waals surface area contributed by atoms with E-state index in [0.29, 0.717) is 17.2 Å². The molecule has 0 spiro atoms. The lowest BCUT2D eigenvalue weighted by Gasteiger charge is -2.31. The number of aromatic nitrogens is 3. The summed E-state index contributed by atoms with van der Waals surface area (Å²) in [6.07, 6.45) is 5.96. The number of nitrogens with zero attached hydrogens (tertiary/aromatic N) is 4. The molecule has 7 rings (SSSR count). The van der Waals surface area contributed by atoms with E-state index in [4.69, 9.17) is 19.4 Å². The predicted molar refractivity (Wildman–Crippen MR) is 157 cm³/mol. The molecule has 3 aliphatic rings. The molecule has 0 radical (unpaired) electrons. The molecule has 0 saturated heterocycles. The molecule has 10 nitrogen and oxygen atoms in total. The summed E-state index contributed by atoms with van der Waals surface area (Å²) in [5.74, 6) is 2.65. The first kappa shape index (κ1) is 26.8. The molecular formula is C31H31N5O5S. The minimum absolute atomic E-state index is 0.102. The molecule has 5 heterocycles. The fraction of sp³-hybridized carbons (Fsp3) is 0.355. The van der Waals surface area contributed by atoms with Gasteiger partial charge in [-0.3, -0.25) is 9.78 Å². The number of benzene rings is 1. The van der Waals surface area contributed by atoms with Crippen LogP contribution in [0.25, 0.3) is 10.9 Å². The van der Waals surface area contributed by atoms with Crippen LogP contribution in [0.2, 0.25) is 0 Å². The van der Waals surface area contributed by atoms with Crippen LogP contribution in [0.15, 0.2) is 53.6 Å². The normalized spacial score (nSPS) is 17.7. The summed E-state index contributed by atoms with van der Waals surface area (Å²) in [5.41, 5.74) is 4.45. The Bertz CT molecular complexity index is 1820. The number of carbonyl (C=O) groups excluding carboxylic acids is 1. The zero-order chi connectivity index (χ0) is 28.8. The molecule has 3 aromatic heterocycles. The maximum Gasteiger partial charge on any atom is 0.251 e. The van der Waals surface area contributed by atoms with Crippen molar-refractivity contribution in [1.29, 1.82) is 0 Å². The number of hydrogen-bond acceptors (Lipinski definition) is 9. The minimum Gasteiger partial charge on any atom is -0.496 e. The zero-order valence-corrected chi connectivity index (χ0v) is 24.1. The van der Waals surface area contributed by atoms with Crippen LogP contribution in [0.5, 0.6) is 5.75 Å². The second-order valence-electron chi connectivity index (χ2n) is 11.0. The van der Waals surface area contributed by atoms with Crippen LogP contribution in [-0.4, -0.2) is 55.3 Å². The third-order valence-corrected chi connectivity index (χ3v) is 9.86. The van der Waals surface area contributed by atoms with Gasteiger partial charge in [0.25, 0.3) is 5.91 Å². The molecular weight excluding hydrogens is 554 g/mol. The van der Waals surface area contributed by atoms with Gasteiger partial charge in [0.2, 0.25) is 0 Å². The van der Waals surface area contributed by atoms with E-state index in [1.54, 1.807) is 25.4 Å². The second kappa shape index (κ2) is 10.6. The van der Waals surface area contributed by atoms with E-state index >= 15 is 0 Å². The summed E-state index contributed by atoms with van der Waals surface area (Å²) < 4.78 is 36.4. The summed E-state index contributed by atoms with van der Waals surface area (Å²) in [6, 6.07) is 12.7. The van der Waals surface area contributed by atoms with Crippen molar-refractivity contribution in [1.82, 2.24) is 20.3 Å². The van der Waals surface area contributed by atoms with E-state index in [2.05, 4.69) is 21.3 Å². The van der Waals surface area contributed by atoms with Gasteiger partial charge in [-0.2, -0.15) is 0 Å². The first-order chi connectivity index (χ1) is 20.4. The number of amides is 1. The standard InChI is InChI=1S/C31H31N5O5S/c1-40-27-15-26(19-4-5-19)35-30-24(27)3-2-10-36(30)29-9-8-21-16-32-23(14-25(21)34-29)17-33-31(37)20-6-7-22-18-41-11-12-42(38,39)28(22)13-20/h6-9,13-16,19H,2-5,10-12,17-18H2,1H3,(H,33,37). The van der Waals surface area contributed by atoms with Gasteiger partial charge < -0.3 is 19.7 Å². The van der Waals surface area contributed by atoms with Crippen molar-refractivity contribution in [3.8, 4) is 5.75 Å². The van der Waals surface area contributed by atoms with Crippen LogP contribution in [0.1, 0.15) is 58.1 Å². The van der Waals surface area contributed by atoms with Gasteiger partial charge in [-0.25, -0.2) is 18.4 Å². The Morgan fingerprint density at radius 1 is 1.14 bits per heavy atom. The molecule has 1 fully saturated rings. The van der Waals surface area contributed by atoms with Gasteiger partial charge in [0.1, 0.15) is 17.4 Å². The van der Waals surface area contributed by atoms with Crippen molar-refractivity contribution in [2.75, 3.05) is 30.9 Å². The summed E-state index contributed by atoms with van der Waals surface area (Å²) in [6.45, 7) is 1.33. The molecule has 1 saturated carbocycles. The first-order valence-corrected chi connectivity index (χ1v) is 15.9. The Balaban J connectivity index is 1.13. The monoisotopic (exact) mass is 585 g/mol. The number of rotatable bonds is 6. The third-order valence-electron chi connectivity index (χ3n) is 8.10. The van der Waals surface area contributed by atoms with Crippen molar-refractivity contribution in [2.24, 2.45) is 0 Å². The SMILES string of the molecule is COc1cc(C2CC2)nc2c1CCCN2c1ccc2cnc(CNC(=O)c3ccc4c(c3)S(=O)(=O)CCOC4)cc2n1. The van der Waals surface area contributed by atoms with Crippen LogP contribution in [0.4, 0.5) is 11.6 Å². The van der Waals surface area contributed by atoms with E-state index in [-0.39, 0.29) is 41.9 Å². The zero-order valence-electron chi connectivity index (χ0n) is 23.3. The molecule has 4 aromatic rings. The molecule has 1 amide bonds. The molecule has 0 bridgehead atoms. The van der Waals surface area contributed by atoms with Crippen molar-refractivity contribution >= 4 is 38.3 Å². The lowest BCUT2D eigenvalue weighted by Crippen LogP contribution is -2.27. The number of fused-ring (bicyclic) bond motifs is 3. The van der Waals surface area contributed by atoms with Crippen molar-refractivity contribution in [3.05, 3.63) is 76.7 Å². The highest BCUT2D eigenvalue weighted by Crippen LogP contribution is 2.44. The van der Waals surface area contributed by atoms with Crippen LogP contribution < -0.4 is 15.0 Å². The van der Waals surface area contributed by atoms with Crippen LogP contribution in [0.3, 0.4) is 0 Å². The van der Waals surface area contributed by atoms with Gasteiger partial charge in [0.05, 0.1) is 48.7 Å². The van der Waals surface area contributed by atoms with E-state index in [0.717, 1.165) is 71.8 Å². The number of carbonyl (C=O) groups is 1. The summed E-state index contributed by atoms with van der Waals surface area (Å²) >= 11 is 0. The van der Waals surface area contributed by atoms with Gasteiger partial charge in [-0.05, 0) is 61.6 Å². The minimum atomic E-state index is -3.51. The van der Waals surface area contributed by atoms with Gasteiger partial charge in [-0.1, -0.05) is 6.07 Å². The maximum atomic E-state index is 13.0. The molecule has 0 atom stereocenters. The summed E-state index contributed by atoms with van der Waals surface area (Å²) in [4.78, 5) is 29.8. The molecule has 2 aliphatic heterocycles. The second-order valence-corrected chi connectivity index (χ2v) is 13.1. The highest BCUT2D eigenvalue weighted by atomic mass is 32.2. The topological polar surface area (TPSA) is 124 Å². The molecule has 1 aromatic carbocycles. The summed E-state index contributed by atoms with van der Waals surface area (Å²) in [7, 11) is -1.79. The molecule has 42 heavy (non-hydrogen) atoms. The highest BCUT2D eigenvalue weighted by molar-refractivity contribution is 7.91. The number of sulfone groups is 1. The predicted octanol–water partition coefficient (Wildman–Crippen LogP) is 4.23. The van der Waals surface area contributed by atoms with Crippen LogP contribution >= 0.6 is 0 Å². The van der Waals surface area contributed by atoms with E-state index in [9.17, 15) is 13.2 Å². The third kappa shape index (κ3) is 5.07. The number of hydrogen-bond donors (Lipinski definition) is 1. The Morgan fingerprint density at radius 2 is 2.02 bits per heavy atom. The molecule has 0 unspecified atom stereocenters. The maximum absolute atomic E-state index is 13.0. The van der Waals surface area contributed by atoms with Crippen LogP contribution in [0, 0.1) is 0 Å². The lowest BCUT2D eigenvalue weighted by atomic mass is 10.0. The van der Waals surface area contributed by atoms with Crippen molar-refractivity contribution < 1.29 is 22.7 Å². The Morgan fingerprint density at radius 3 is 2.86 bits per heavy atom. The highest BCUT2D eigenvalue weighted by Gasteiger charge is 2.31. The number of nitrogens with one attached hydrogen (secondary N) is 1. The van der Waals surface area contributed by atoms with Gasteiger partial charge in [0, 0.05) is 46.9 Å². The van der Waals surface area contributed by atoms with Gasteiger partial charge in [0.15, 0.2) is 9.84 Å². The van der Waals surface area contributed by atoms with Gasteiger partial charge >= 0.3 is 0 Å². The summed E-state index contributed by atoms with van der Waals surface area (Å²) in [5, 5.41) is 3.76. The fourth-order valence-electron chi connectivity index (χ4n) is 5.66. The Kier molecular flexibility index (Phi) is 6.78. The Labute approximate surface area is 244 Å².